The third-order valence-electron chi connectivity index (χ3n) is 6.42. The average Bonchev–Trinajstić information content (AvgIpc) is 3.06. The van der Waals surface area contributed by atoms with Crippen molar-refractivity contribution < 1.29 is 19.4 Å². The summed E-state index contributed by atoms with van der Waals surface area (Å²) in [7, 11) is 1.56. The van der Waals surface area contributed by atoms with Gasteiger partial charge < -0.3 is 25.5 Å². The molecule has 4 N–H and O–H groups in total. The molecule has 0 saturated heterocycles. The summed E-state index contributed by atoms with van der Waals surface area (Å²) in [5.41, 5.74) is 4.41. The number of ether oxygens (including phenoxy) is 1. The number of benzene rings is 1. The number of amides is 2. The zero-order chi connectivity index (χ0) is 24.3. The number of carbonyl (C=O) groups excluding carboxylic acids is 2. The number of aliphatic hydroxyl groups is 1. The number of hydrogen-bond acceptors (Lipinski definition) is 4. The average molecular weight is 456 g/mol. The third kappa shape index (κ3) is 5.58. The van der Waals surface area contributed by atoms with Crippen molar-refractivity contribution in [2.45, 2.75) is 78.9 Å². The first-order valence-electron chi connectivity index (χ1n) is 11.7. The van der Waals surface area contributed by atoms with Crippen molar-refractivity contribution in [1.29, 1.82) is 0 Å². The SMILES string of the molecule is CCCCC(NC(=O)c1[nH]c2c(c1C)C(O)CC(C)(C)C2)C(=O)Nc1cc(C)ccc1OC. The molecule has 33 heavy (non-hydrogen) atoms. The van der Waals surface area contributed by atoms with Gasteiger partial charge in [-0.25, -0.2) is 0 Å². The number of unbranched alkanes of at least 4 members (excludes halogenated alkanes) is 1. The van der Waals surface area contributed by atoms with Gasteiger partial charge in [0.2, 0.25) is 5.91 Å². The van der Waals surface area contributed by atoms with E-state index < -0.39 is 12.1 Å². The summed E-state index contributed by atoms with van der Waals surface area (Å²) in [4.78, 5) is 29.6. The summed E-state index contributed by atoms with van der Waals surface area (Å²) in [6.07, 6.45) is 3.05. The smallest absolute Gasteiger partial charge is 0.268 e. The standard InChI is InChI=1S/C26H37N3O4/c1-7-8-9-17(24(31)29-18-12-15(2)10-11-21(18)33-6)28-25(32)23-16(3)22-19(27-23)13-26(4,5)14-20(22)30/h10-12,17,20,27,30H,7-9,13-14H2,1-6H3,(H,28,32)(H,29,31). The van der Waals surface area contributed by atoms with Gasteiger partial charge in [0, 0.05) is 11.3 Å². The molecule has 2 unspecified atom stereocenters. The highest BCUT2D eigenvalue weighted by molar-refractivity contribution is 6.01. The molecule has 1 aliphatic carbocycles. The zero-order valence-electron chi connectivity index (χ0n) is 20.6. The Morgan fingerprint density at radius 2 is 2.03 bits per heavy atom. The van der Waals surface area contributed by atoms with Crippen molar-refractivity contribution in [3.63, 3.8) is 0 Å². The van der Waals surface area contributed by atoms with Gasteiger partial charge in [-0.1, -0.05) is 39.7 Å². The Kier molecular flexibility index (Phi) is 7.52. The Bertz CT molecular complexity index is 1020. The minimum Gasteiger partial charge on any atom is -0.495 e. The fourth-order valence-corrected chi connectivity index (χ4v) is 4.71. The Hall–Kier alpha value is -2.80. The number of hydrogen-bond donors (Lipinski definition) is 4. The lowest BCUT2D eigenvalue weighted by Crippen LogP contribution is -2.44. The van der Waals surface area contributed by atoms with Crippen molar-refractivity contribution >= 4 is 17.5 Å². The van der Waals surface area contributed by atoms with Crippen LogP contribution in [0.15, 0.2) is 18.2 Å². The van der Waals surface area contributed by atoms with E-state index in [1.807, 2.05) is 39.0 Å². The highest BCUT2D eigenvalue weighted by Gasteiger charge is 2.36. The maximum atomic E-state index is 13.2. The molecule has 0 saturated carbocycles. The van der Waals surface area contributed by atoms with E-state index in [1.165, 1.54) is 0 Å². The topological polar surface area (TPSA) is 103 Å². The number of aromatic nitrogens is 1. The lowest BCUT2D eigenvalue weighted by Gasteiger charge is -2.33. The highest BCUT2D eigenvalue weighted by Crippen LogP contribution is 2.42. The molecule has 1 aromatic carbocycles. The molecule has 2 aromatic rings. The van der Waals surface area contributed by atoms with Crippen LogP contribution < -0.4 is 15.4 Å². The molecule has 7 heteroatoms. The first-order valence-corrected chi connectivity index (χ1v) is 11.7. The van der Waals surface area contributed by atoms with Crippen LogP contribution in [0.1, 0.15) is 85.4 Å². The summed E-state index contributed by atoms with van der Waals surface area (Å²) in [5.74, 6) is -0.0470. The molecule has 7 nitrogen and oxygen atoms in total. The monoisotopic (exact) mass is 455 g/mol. The van der Waals surface area contributed by atoms with Gasteiger partial charge in [0.25, 0.3) is 5.91 Å². The van der Waals surface area contributed by atoms with Crippen LogP contribution in [0.5, 0.6) is 5.75 Å². The molecule has 2 atom stereocenters. The molecule has 0 radical (unpaired) electrons. The van der Waals surface area contributed by atoms with Crippen molar-refractivity contribution in [2.24, 2.45) is 5.41 Å². The number of nitrogens with one attached hydrogen (secondary N) is 3. The molecule has 0 bridgehead atoms. The maximum Gasteiger partial charge on any atom is 0.268 e. The number of methoxy groups -OCH3 is 1. The number of aryl methyl sites for hydroxylation is 1. The normalized spacial score (nSPS) is 17.7. The summed E-state index contributed by atoms with van der Waals surface area (Å²) in [6, 6.07) is 4.88. The lowest BCUT2D eigenvalue weighted by atomic mass is 9.75. The van der Waals surface area contributed by atoms with E-state index in [2.05, 4.69) is 29.5 Å². The molecule has 3 rings (SSSR count). The molecule has 1 heterocycles. The van der Waals surface area contributed by atoms with Gasteiger partial charge in [-0.15, -0.1) is 0 Å². The molecule has 1 aliphatic rings. The van der Waals surface area contributed by atoms with Crippen LogP contribution in [-0.4, -0.2) is 35.1 Å². The van der Waals surface area contributed by atoms with Gasteiger partial charge in [-0.3, -0.25) is 9.59 Å². The minimum absolute atomic E-state index is 0.0477. The van der Waals surface area contributed by atoms with E-state index in [1.54, 1.807) is 7.11 Å². The number of fused-ring (bicyclic) bond motifs is 1. The van der Waals surface area contributed by atoms with E-state index in [-0.39, 0.29) is 17.2 Å². The van der Waals surface area contributed by atoms with E-state index in [0.717, 1.165) is 41.6 Å². The summed E-state index contributed by atoms with van der Waals surface area (Å²) in [6.45, 7) is 10.1. The maximum absolute atomic E-state index is 13.2. The van der Waals surface area contributed by atoms with Crippen LogP contribution in [0.4, 0.5) is 5.69 Å². The second kappa shape index (κ2) is 10.00. The van der Waals surface area contributed by atoms with Gasteiger partial charge in [0.1, 0.15) is 17.5 Å². The van der Waals surface area contributed by atoms with Crippen LogP contribution in [0, 0.1) is 19.3 Å². The predicted molar refractivity (Wildman–Crippen MR) is 130 cm³/mol. The predicted octanol–water partition coefficient (Wildman–Crippen LogP) is 4.57. The number of aliphatic hydroxyl groups excluding tert-OH is 1. The fraction of sp³-hybridized carbons (Fsp3) is 0.538. The molecule has 0 fully saturated rings. The second-order valence-electron chi connectivity index (χ2n) is 9.94. The quantitative estimate of drug-likeness (QED) is 0.468. The molecule has 2 amide bonds. The minimum atomic E-state index is -0.691. The second-order valence-corrected chi connectivity index (χ2v) is 9.94. The van der Waals surface area contributed by atoms with Crippen molar-refractivity contribution in [2.75, 3.05) is 12.4 Å². The van der Waals surface area contributed by atoms with Crippen molar-refractivity contribution in [3.05, 3.63) is 46.3 Å². The largest absolute Gasteiger partial charge is 0.495 e. The van der Waals surface area contributed by atoms with Crippen LogP contribution in [0.2, 0.25) is 0 Å². The van der Waals surface area contributed by atoms with Gasteiger partial charge in [-0.2, -0.15) is 0 Å². The molecule has 0 aliphatic heterocycles. The van der Waals surface area contributed by atoms with Crippen LogP contribution in [0.3, 0.4) is 0 Å². The summed E-state index contributed by atoms with van der Waals surface area (Å²) < 4.78 is 5.37. The van der Waals surface area contributed by atoms with E-state index >= 15 is 0 Å². The molecular weight excluding hydrogens is 418 g/mol. The molecular formula is C26H37N3O4. The Balaban J connectivity index is 1.82. The number of anilines is 1. The van der Waals surface area contributed by atoms with Crippen molar-refractivity contribution in [3.8, 4) is 5.75 Å². The third-order valence-corrected chi connectivity index (χ3v) is 6.42. The number of carbonyl (C=O) groups is 2. The molecule has 1 aromatic heterocycles. The van der Waals surface area contributed by atoms with Crippen LogP contribution in [0.25, 0.3) is 0 Å². The van der Waals surface area contributed by atoms with Gasteiger partial charge >= 0.3 is 0 Å². The van der Waals surface area contributed by atoms with E-state index in [9.17, 15) is 14.7 Å². The summed E-state index contributed by atoms with van der Waals surface area (Å²) >= 11 is 0. The lowest BCUT2D eigenvalue weighted by molar-refractivity contribution is -0.118. The fourth-order valence-electron chi connectivity index (χ4n) is 4.71. The van der Waals surface area contributed by atoms with Gasteiger partial charge in [0.05, 0.1) is 18.9 Å². The van der Waals surface area contributed by atoms with Crippen molar-refractivity contribution in [1.82, 2.24) is 10.3 Å². The Labute approximate surface area is 196 Å². The van der Waals surface area contributed by atoms with Gasteiger partial charge in [0.15, 0.2) is 0 Å². The molecule has 0 spiro atoms. The van der Waals surface area contributed by atoms with Crippen LogP contribution in [-0.2, 0) is 11.2 Å². The molecule has 180 valence electrons. The first-order chi connectivity index (χ1) is 15.6. The highest BCUT2D eigenvalue weighted by atomic mass is 16.5. The zero-order valence-corrected chi connectivity index (χ0v) is 20.6. The Morgan fingerprint density at radius 3 is 2.70 bits per heavy atom. The number of H-pyrrole nitrogens is 1. The van der Waals surface area contributed by atoms with Gasteiger partial charge in [-0.05, 0) is 61.8 Å². The number of rotatable bonds is 8. The van der Waals surface area contributed by atoms with E-state index in [0.29, 0.717) is 30.0 Å². The Morgan fingerprint density at radius 1 is 1.30 bits per heavy atom. The van der Waals surface area contributed by atoms with E-state index in [4.69, 9.17) is 4.74 Å². The number of aromatic amines is 1. The van der Waals surface area contributed by atoms with Crippen LogP contribution >= 0.6 is 0 Å². The first kappa shape index (κ1) is 24.8. The summed E-state index contributed by atoms with van der Waals surface area (Å²) in [5, 5.41) is 16.5.